The number of urea groups is 1. The van der Waals surface area contributed by atoms with E-state index in [0.717, 1.165) is 49.1 Å². The third-order valence-corrected chi connectivity index (χ3v) is 9.68. The standard InChI is InChI=1S/C35H43F3N8O3S/c1-5-11-40-34(49)43-30-18-24(33-42-29(21-50-33)35(36,37)38)26(19-41-30)23-6-7-28-25(17-23)31(47)27(32(48)39-12-16-44(2)3)20-46(28)15-10-22-8-13-45(4)14-9-22/h6-7,17-22H,5,8-16H2,1-4H3,(H,39,48)(H2,40,41,43,49). The minimum absolute atomic E-state index is 0.0162. The quantitative estimate of drug-likeness (QED) is 0.171. The van der Waals surface area contributed by atoms with E-state index < -0.39 is 29.2 Å². The highest BCUT2D eigenvalue weighted by molar-refractivity contribution is 7.13. The molecule has 3 N–H and O–H groups in total. The third kappa shape index (κ3) is 9.06. The number of thiazole rings is 1. The van der Waals surface area contributed by atoms with E-state index in [9.17, 15) is 27.6 Å². The molecule has 3 aromatic heterocycles. The average molecular weight is 713 g/mol. The van der Waals surface area contributed by atoms with E-state index in [4.69, 9.17) is 0 Å². The van der Waals surface area contributed by atoms with Crippen molar-refractivity contribution in [2.24, 2.45) is 5.92 Å². The molecule has 0 bridgehead atoms. The van der Waals surface area contributed by atoms with Gasteiger partial charge in [0.1, 0.15) is 16.4 Å². The molecule has 3 amide bonds. The molecule has 0 unspecified atom stereocenters. The van der Waals surface area contributed by atoms with Crippen LogP contribution in [-0.2, 0) is 12.7 Å². The van der Waals surface area contributed by atoms with Crippen LogP contribution in [-0.4, -0.2) is 90.1 Å². The largest absolute Gasteiger partial charge is 0.434 e. The summed E-state index contributed by atoms with van der Waals surface area (Å²) < 4.78 is 42.7. The van der Waals surface area contributed by atoms with Crippen LogP contribution in [0.2, 0.25) is 0 Å². The second-order valence-electron chi connectivity index (χ2n) is 12.9. The number of fused-ring (bicyclic) bond motifs is 1. The number of likely N-dealkylation sites (tertiary alicyclic amines) is 1. The topological polar surface area (TPSA) is 124 Å². The van der Waals surface area contributed by atoms with Crippen LogP contribution in [0, 0.1) is 5.92 Å². The number of benzene rings is 1. The second kappa shape index (κ2) is 16.1. The fourth-order valence-corrected chi connectivity index (χ4v) is 6.79. The van der Waals surface area contributed by atoms with Crippen LogP contribution in [0.5, 0.6) is 0 Å². The number of pyridine rings is 2. The van der Waals surface area contributed by atoms with Crippen molar-refractivity contribution in [3.63, 3.8) is 0 Å². The molecule has 0 atom stereocenters. The summed E-state index contributed by atoms with van der Waals surface area (Å²) in [7, 11) is 5.90. The Hall–Kier alpha value is -4.34. The first-order valence-electron chi connectivity index (χ1n) is 16.7. The smallest absolute Gasteiger partial charge is 0.351 e. The third-order valence-electron chi connectivity index (χ3n) is 8.80. The molecule has 1 aliphatic rings. The number of aryl methyl sites for hydroxylation is 1. The summed E-state index contributed by atoms with van der Waals surface area (Å²) in [5.74, 6) is 0.163. The van der Waals surface area contributed by atoms with Crippen LogP contribution >= 0.6 is 11.3 Å². The van der Waals surface area contributed by atoms with Crippen molar-refractivity contribution >= 4 is 40.0 Å². The van der Waals surface area contributed by atoms with Gasteiger partial charge in [-0.25, -0.2) is 14.8 Å². The van der Waals surface area contributed by atoms with Crippen molar-refractivity contribution in [1.29, 1.82) is 0 Å². The first kappa shape index (κ1) is 36.9. The van der Waals surface area contributed by atoms with Gasteiger partial charge in [0.2, 0.25) is 5.43 Å². The summed E-state index contributed by atoms with van der Waals surface area (Å²) in [5.41, 5.74) is 0.376. The number of amides is 3. The zero-order valence-electron chi connectivity index (χ0n) is 28.7. The lowest BCUT2D eigenvalue weighted by Crippen LogP contribution is -2.34. The normalized spacial score (nSPS) is 14.3. The van der Waals surface area contributed by atoms with Crippen molar-refractivity contribution in [2.75, 3.05) is 59.2 Å². The number of anilines is 1. The van der Waals surface area contributed by atoms with Gasteiger partial charge in [-0.3, -0.25) is 14.9 Å². The van der Waals surface area contributed by atoms with Gasteiger partial charge in [-0.05, 0) is 89.6 Å². The number of aromatic nitrogens is 3. The summed E-state index contributed by atoms with van der Waals surface area (Å²) in [4.78, 5) is 52.2. The van der Waals surface area contributed by atoms with Crippen LogP contribution in [0.25, 0.3) is 32.6 Å². The van der Waals surface area contributed by atoms with E-state index in [-0.39, 0.29) is 16.4 Å². The highest BCUT2D eigenvalue weighted by atomic mass is 32.1. The van der Waals surface area contributed by atoms with E-state index in [1.165, 1.54) is 12.3 Å². The molecule has 4 heterocycles. The Morgan fingerprint density at radius 2 is 1.84 bits per heavy atom. The Balaban J connectivity index is 1.59. The Labute approximate surface area is 292 Å². The number of hydrogen-bond donors (Lipinski definition) is 3. The maximum Gasteiger partial charge on any atom is 0.434 e. The maximum atomic E-state index is 14.0. The van der Waals surface area contributed by atoms with Gasteiger partial charge in [-0.1, -0.05) is 13.0 Å². The maximum absolute atomic E-state index is 14.0. The fourth-order valence-electron chi connectivity index (χ4n) is 5.93. The average Bonchev–Trinajstić information content (AvgIpc) is 3.59. The van der Waals surface area contributed by atoms with Crippen molar-refractivity contribution < 1.29 is 22.8 Å². The Morgan fingerprint density at radius 3 is 2.52 bits per heavy atom. The molecule has 5 rings (SSSR count). The molecule has 0 saturated carbocycles. The molecular weight excluding hydrogens is 669 g/mol. The van der Waals surface area contributed by atoms with Crippen LogP contribution in [0.4, 0.5) is 23.8 Å². The lowest BCUT2D eigenvalue weighted by atomic mass is 9.93. The minimum atomic E-state index is -4.64. The number of hydrogen-bond acceptors (Lipinski definition) is 8. The van der Waals surface area contributed by atoms with Gasteiger partial charge in [-0.15, -0.1) is 11.3 Å². The Morgan fingerprint density at radius 1 is 1.08 bits per heavy atom. The predicted octanol–water partition coefficient (Wildman–Crippen LogP) is 5.76. The number of nitrogens with zero attached hydrogens (tertiary/aromatic N) is 5. The van der Waals surface area contributed by atoms with Crippen molar-refractivity contribution in [3.05, 3.63) is 63.5 Å². The Kier molecular flexibility index (Phi) is 11.9. The van der Waals surface area contributed by atoms with Gasteiger partial charge in [-0.2, -0.15) is 13.2 Å². The van der Waals surface area contributed by atoms with Crippen molar-refractivity contribution in [1.82, 2.24) is 35.0 Å². The van der Waals surface area contributed by atoms with E-state index in [1.54, 1.807) is 24.4 Å². The summed E-state index contributed by atoms with van der Waals surface area (Å²) in [6, 6.07) is 6.20. The van der Waals surface area contributed by atoms with E-state index >= 15 is 0 Å². The number of piperidine rings is 1. The number of rotatable bonds is 12. The number of halogens is 3. The van der Waals surface area contributed by atoms with Gasteiger partial charge in [0.15, 0.2) is 5.69 Å². The molecule has 268 valence electrons. The molecule has 1 aliphatic heterocycles. The van der Waals surface area contributed by atoms with E-state index in [0.29, 0.717) is 66.1 Å². The number of carbonyl (C=O) groups excluding carboxylic acids is 2. The number of carbonyl (C=O) groups is 2. The molecule has 1 fully saturated rings. The first-order chi connectivity index (χ1) is 23.8. The molecule has 4 aromatic rings. The number of nitrogens with one attached hydrogen (secondary N) is 3. The molecular formula is C35H43F3N8O3S. The summed E-state index contributed by atoms with van der Waals surface area (Å²) in [6.07, 6.45) is 2.18. The van der Waals surface area contributed by atoms with Crippen molar-refractivity contribution in [3.8, 4) is 21.7 Å². The number of alkyl halides is 3. The SMILES string of the molecule is CCCNC(=O)Nc1cc(-c2nc(C(F)(F)F)cs2)c(-c2ccc3c(c2)c(=O)c(C(=O)NCCN(C)C)cn3CCC2CCN(C)CC2)cn1. The van der Waals surface area contributed by atoms with Gasteiger partial charge >= 0.3 is 12.2 Å². The molecule has 11 nitrogen and oxygen atoms in total. The lowest BCUT2D eigenvalue weighted by molar-refractivity contribution is -0.140. The van der Waals surface area contributed by atoms with Gasteiger partial charge < -0.3 is 25.0 Å². The van der Waals surface area contributed by atoms with Crippen LogP contribution in [0.1, 0.15) is 48.7 Å². The number of likely N-dealkylation sites (N-methyl/N-ethyl adjacent to an activating group) is 1. The predicted molar refractivity (Wildman–Crippen MR) is 191 cm³/mol. The zero-order chi connectivity index (χ0) is 36.0. The van der Waals surface area contributed by atoms with E-state index in [2.05, 4.69) is 37.9 Å². The minimum Gasteiger partial charge on any atom is -0.351 e. The second-order valence-corrected chi connectivity index (χ2v) is 13.8. The molecule has 0 spiro atoms. The molecule has 1 saturated heterocycles. The summed E-state index contributed by atoms with van der Waals surface area (Å²) in [6.45, 7) is 5.95. The molecule has 50 heavy (non-hydrogen) atoms. The summed E-state index contributed by atoms with van der Waals surface area (Å²) >= 11 is 0.813. The molecule has 15 heteroatoms. The fraction of sp³-hybridized carbons (Fsp3) is 0.457. The molecule has 0 radical (unpaired) electrons. The van der Waals surface area contributed by atoms with Crippen LogP contribution in [0.15, 0.2) is 46.8 Å². The van der Waals surface area contributed by atoms with Crippen LogP contribution < -0.4 is 21.4 Å². The Bertz CT molecular complexity index is 1880. The van der Waals surface area contributed by atoms with Gasteiger partial charge in [0.05, 0.1) is 5.52 Å². The van der Waals surface area contributed by atoms with Gasteiger partial charge in [0.25, 0.3) is 5.91 Å². The lowest BCUT2D eigenvalue weighted by Gasteiger charge is -2.29. The highest BCUT2D eigenvalue weighted by Crippen LogP contribution is 2.39. The van der Waals surface area contributed by atoms with E-state index in [1.807, 2.05) is 30.5 Å². The van der Waals surface area contributed by atoms with Crippen LogP contribution in [0.3, 0.4) is 0 Å². The zero-order valence-corrected chi connectivity index (χ0v) is 29.5. The summed E-state index contributed by atoms with van der Waals surface area (Å²) in [5, 5.41) is 9.46. The molecule has 0 aliphatic carbocycles. The van der Waals surface area contributed by atoms with Gasteiger partial charge in [0, 0.05) is 60.5 Å². The highest BCUT2D eigenvalue weighted by Gasteiger charge is 2.34. The monoisotopic (exact) mass is 712 g/mol. The molecule has 1 aromatic carbocycles. The first-order valence-corrected chi connectivity index (χ1v) is 17.6. The van der Waals surface area contributed by atoms with Crippen molar-refractivity contribution in [2.45, 2.75) is 45.3 Å².